The number of urea groups is 1. The molecular weight excluding hydrogens is 326 g/mol. The molecule has 3 rings (SSSR count). The van der Waals surface area contributed by atoms with Crippen LogP contribution in [-0.4, -0.2) is 73.3 Å². The molecule has 2 aliphatic heterocycles. The predicted molar refractivity (Wildman–Crippen MR) is 95.5 cm³/mol. The van der Waals surface area contributed by atoms with Gasteiger partial charge in [-0.15, -0.1) is 0 Å². The van der Waals surface area contributed by atoms with Gasteiger partial charge in [-0.25, -0.2) is 4.79 Å². The fourth-order valence-corrected chi connectivity index (χ4v) is 4.06. The number of rotatable bonds is 4. The molecule has 7 heteroatoms. The summed E-state index contributed by atoms with van der Waals surface area (Å²) in [5.41, 5.74) is 0. The van der Waals surface area contributed by atoms with E-state index in [-0.39, 0.29) is 12.1 Å². The first kappa shape index (κ1) is 17.6. The average molecular weight is 353 g/mol. The maximum Gasteiger partial charge on any atom is 0.317 e. The summed E-state index contributed by atoms with van der Waals surface area (Å²) in [5.74, 6) is 3.99. The highest BCUT2D eigenvalue weighted by Crippen LogP contribution is 2.23. The average Bonchev–Trinajstić information content (AvgIpc) is 2.87. The summed E-state index contributed by atoms with van der Waals surface area (Å²) in [7, 11) is 0. The number of aryl methyl sites for hydroxylation is 1. The third-order valence-corrected chi connectivity index (χ3v) is 5.58. The maximum absolute atomic E-state index is 12.5. The molecule has 0 bridgehead atoms. The number of hydrogen-bond donors (Lipinski definition) is 1. The van der Waals surface area contributed by atoms with Crippen molar-refractivity contribution in [3.8, 4) is 0 Å². The largest absolute Gasteiger partial charge is 0.465 e. The van der Waals surface area contributed by atoms with Crippen LogP contribution >= 0.6 is 11.8 Å². The van der Waals surface area contributed by atoms with Gasteiger partial charge < -0.3 is 19.4 Å². The van der Waals surface area contributed by atoms with Crippen molar-refractivity contribution in [1.29, 1.82) is 0 Å². The summed E-state index contributed by atoms with van der Waals surface area (Å²) in [6.07, 6.45) is 1.07. The Hall–Kier alpha value is -1.18. The van der Waals surface area contributed by atoms with Gasteiger partial charge in [0.1, 0.15) is 11.5 Å². The monoisotopic (exact) mass is 353 g/mol. The Morgan fingerprint density at radius 2 is 2.08 bits per heavy atom. The van der Waals surface area contributed by atoms with Crippen molar-refractivity contribution >= 4 is 17.8 Å². The minimum atomic E-state index is 0.0408. The molecule has 134 valence electrons. The van der Waals surface area contributed by atoms with Crippen LogP contribution in [0.5, 0.6) is 0 Å². The van der Waals surface area contributed by atoms with Gasteiger partial charge in [0.05, 0.1) is 19.3 Å². The molecule has 2 fully saturated rings. The second kappa shape index (κ2) is 8.78. The standard InChI is InChI=1S/C17H27N3O3S/c1-14-3-4-16(23-14)15(19-6-9-22-10-7-19)13-18-17(21)20-5-2-11-24-12-8-20/h3-4,15H,2,5-13H2,1H3,(H,18,21). The first-order valence-electron chi connectivity index (χ1n) is 8.72. The van der Waals surface area contributed by atoms with E-state index in [9.17, 15) is 4.79 Å². The van der Waals surface area contributed by atoms with Crippen LogP contribution in [0, 0.1) is 6.92 Å². The van der Waals surface area contributed by atoms with E-state index < -0.39 is 0 Å². The minimum Gasteiger partial charge on any atom is -0.465 e. The molecule has 1 atom stereocenters. The molecule has 1 aromatic heterocycles. The first-order chi connectivity index (χ1) is 11.7. The molecule has 1 unspecified atom stereocenters. The van der Waals surface area contributed by atoms with Gasteiger partial charge in [0.15, 0.2) is 0 Å². The fraction of sp³-hybridized carbons (Fsp3) is 0.706. The molecule has 2 saturated heterocycles. The summed E-state index contributed by atoms with van der Waals surface area (Å²) in [4.78, 5) is 16.8. The Kier molecular flexibility index (Phi) is 6.45. The van der Waals surface area contributed by atoms with Crippen LogP contribution in [0.3, 0.4) is 0 Å². The van der Waals surface area contributed by atoms with E-state index in [1.54, 1.807) is 0 Å². The highest BCUT2D eigenvalue weighted by Gasteiger charge is 2.26. The van der Waals surface area contributed by atoms with Crippen molar-refractivity contribution < 1.29 is 13.9 Å². The number of furan rings is 1. The normalized spacial score (nSPS) is 21.3. The zero-order chi connectivity index (χ0) is 16.8. The van der Waals surface area contributed by atoms with Crippen molar-refractivity contribution in [1.82, 2.24) is 15.1 Å². The SMILES string of the molecule is Cc1ccc(C(CNC(=O)N2CCCSCC2)N2CCOCC2)o1. The summed E-state index contributed by atoms with van der Waals surface area (Å²) in [6, 6.07) is 4.10. The summed E-state index contributed by atoms with van der Waals surface area (Å²) < 4.78 is 11.3. The predicted octanol–water partition coefficient (Wildman–Crippen LogP) is 2.11. The molecule has 6 nitrogen and oxygen atoms in total. The van der Waals surface area contributed by atoms with E-state index >= 15 is 0 Å². The van der Waals surface area contributed by atoms with Crippen molar-refractivity contribution in [3.05, 3.63) is 23.7 Å². The summed E-state index contributed by atoms with van der Waals surface area (Å²) in [6.45, 7) is 7.38. The molecule has 0 aliphatic carbocycles. The number of thioether (sulfide) groups is 1. The second-order valence-electron chi connectivity index (χ2n) is 6.25. The molecule has 0 saturated carbocycles. The fourth-order valence-electron chi connectivity index (χ4n) is 3.18. The lowest BCUT2D eigenvalue weighted by Crippen LogP contribution is -2.47. The Balaban J connectivity index is 1.61. The number of carbonyl (C=O) groups is 1. The van der Waals surface area contributed by atoms with Crippen molar-refractivity contribution in [2.45, 2.75) is 19.4 Å². The van der Waals surface area contributed by atoms with Crippen molar-refractivity contribution in [3.63, 3.8) is 0 Å². The Bertz CT molecular complexity index is 523. The summed E-state index contributed by atoms with van der Waals surface area (Å²) >= 11 is 1.92. The Morgan fingerprint density at radius 3 is 2.83 bits per heavy atom. The van der Waals surface area contributed by atoms with Gasteiger partial charge in [-0.05, 0) is 31.2 Å². The molecule has 1 aromatic rings. The van der Waals surface area contributed by atoms with Gasteiger partial charge in [-0.3, -0.25) is 4.90 Å². The van der Waals surface area contributed by atoms with Gasteiger partial charge in [-0.1, -0.05) is 0 Å². The van der Waals surface area contributed by atoms with E-state index in [1.165, 1.54) is 0 Å². The van der Waals surface area contributed by atoms with Crippen LogP contribution in [0.1, 0.15) is 24.0 Å². The topological polar surface area (TPSA) is 58.0 Å². The van der Waals surface area contributed by atoms with E-state index in [4.69, 9.17) is 9.15 Å². The molecule has 3 heterocycles. The molecule has 0 radical (unpaired) electrons. The number of nitrogens with one attached hydrogen (secondary N) is 1. The number of ether oxygens (including phenoxy) is 1. The lowest BCUT2D eigenvalue weighted by molar-refractivity contribution is 0.0119. The maximum atomic E-state index is 12.5. The third-order valence-electron chi connectivity index (χ3n) is 4.53. The van der Waals surface area contributed by atoms with Gasteiger partial charge in [0.25, 0.3) is 0 Å². The van der Waals surface area contributed by atoms with Crippen LogP contribution < -0.4 is 5.32 Å². The Morgan fingerprint density at radius 1 is 1.25 bits per heavy atom. The van der Waals surface area contributed by atoms with Crippen LogP contribution in [0.15, 0.2) is 16.5 Å². The number of amides is 2. The molecular formula is C17H27N3O3S. The van der Waals surface area contributed by atoms with Gasteiger partial charge in [0.2, 0.25) is 0 Å². The van der Waals surface area contributed by atoms with E-state index in [2.05, 4.69) is 10.2 Å². The van der Waals surface area contributed by atoms with Gasteiger partial charge in [-0.2, -0.15) is 11.8 Å². The van der Waals surface area contributed by atoms with Crippen LogP contribution in [0.4, 0.5) is 4.79 Å². The van der Waals surface area contributed by atoms with E-state index in [0.717, 1.165) is 68.8 Å². The lowest BCUT2D eigenvalue weighted by Gasteiger charge is -2.34. The van der Waals surface area contributed by atoms with Crippen molar-refractivity contribution in [2.75, 3.05) is 57.4 Å². The molecule has 0 aromatic carbocycles. The van der Waals surface area contributed by atoms with Crippen molar-refractivity contribution in [2.24, 2.45) is 0 Å². The number of morpholine rings is 1. The molecule has 24 heavy (non-hydrogen) atoms. The van der Waals surface area contributed by atoms with Gasteiger partial charge in [0, 0.05) is 38.5 Å². The van der Waals surface area contributed by atoms with Crippen LogP contribution in [-0.2, 0) is 4.74 Å². The lowest BCUT2D eigenvalue weighted by atomic mass is 10.1. The summed E-state index contributed by atoms with van der Waals surface area (Å²) in [5, 5.41) is 3.12. The number of hydrogen-bond acceptors (Lipinski definition) is 5. The van der Waals surface area contributed by atoms with Gasteiger partial charge >= 0.3 is 6.03 Å². The van der Waals surface area contributed by atoms with Crippen LogP contribution in [0.25, 0.3) is 0 Å². The Labute approximate surface area is 147 Å². The highest BCUT2D eigenvalue weighted by molar-refractivity contribution is 7.99. The van der Waals surface area contributed by atoms with Crippen LogP contribution in [0.2, 0.25) is 0 Å². The molecule has 0 spiro atoms. The van der Waals surface area contributed by atoms with E-state index in [0.29, 0.717) is 6.54 Å². The first-order valence-corrected chi connectivity index (χ1v) is 9.88. The molecule has 1 N–H and O–H groups in total. The zero-order valence-corrected chi connectivity index (χ0v) is 15.1. The second-order valence-corrected chi connectivity index (χ2v) is 7.48. The highest BCUT2D eigenvalue weighted by atomic mass is 32.2. The minimum absolute atomic E-state index is 0.0408. The number of carbonyl (C=O) groups excluding carboxylic acids is 1. The molecule has 2 aliphatic rings. The quantitative estimate of drug-likeness (QED) is 0.898. The number of nitrogens with zero attached hydrogens (tertiary/aromatic N) is 2. The molecule has 2 amide bonds. The third kappa shape index (κ3) is 4.68. The van der Waals surface area contributed by atoms with E-state index in [1.807, 2.05) is 35.7 Å². The zero-order valence-electron chi connectivity index (χ0n) is 14.3. The smallest absolute Gasteiger partial charge is 0.317 e.